The van der Waals surface area contributed by atoms with Gasteiger partial charge >= 0.3 is 5.91 Å². The number of amides is 2. The number of carbonyl (C=O) groups is 2. The molecule has 5 nitrogen and oxygen atoms in total. The van der Waals surface area contributed by atoms with Crippen LogP contribution >= 0.6 is 0 Å². The third-order valence-corrected chi connectivity index (χ3v) is 1.86. The van der Waals surface area contributed by atoms with Crippen molar-refractivity contribution in [3.8, 4) is 0 Å². The summed E-state index contributed by atoms with van der Waals surface area (Å²) in [5.41, 5.74) is 0.701. The third kappa shape index (κ3) is 1.09. The van der Waals surface area contributed by atoms with Gasteiger partial charge in [0.2, 0.25) is 0 Å². The summed E-state index contributed by atoms with van der Waals surface area (Å²) in [5.74, 6) is -1.38. The number of nitrogens with zero attached hydrogens (tertiary/aromatic N) is 2. The second-order valence-corrected chi connectivity index (χ2v) is 2.70. The van der Waals surface area contributed by atoms with E-state index in [1.165, 1.54) is 6.20 Å². The van der Waals surface area contributed by atoms with E-state index >= 15 is 0 Å². The fourth-order valence-corrected chi connectivity index (χ4v) is 1.23. The highest BCUT2D eigenvalue weighted by atomic mass is 16.5. The van der Waals surface area contributed by atoms with Gasteiger partial charge in [0, 0.05) is 6.20 Å². The molecule has 0 spiro atoms. The second kappa shape index (κ2) is 2.63. The van der Waals surface area contributed by atoms with Crippen molar-refractivity contribution in [3.05, 3.63) is 29.6 Å². The van der Waals surface area contributed by atoms with E-state index in [9.17, 15) is 9.59 Å². The molecule has 0 saturated carbocycles. The number of carbonyl (C=O) groups excluding carboxylic acids is 2. The zero-order valence-corrected chi connectivity index (χ0v) is 6.60. The standard InChI is InChI=1S/C8H6N2O3/c11-6-4-5-2-1-3-9-7(5)8(12)10(6)13/h1-3,13H,4H2. The van der Waals surface area contributed by atoms with E-state index in [-0.39, 0.29) is 17.2 Å². The van der Waals surface area contributed by atoms with Crippen molar-refractivity contribution in [2.24, 2.45) is 0 Å². The largest absolute Gasteiger partial charge is 0.303 e. The maximum atomic E-state index is 11.2. The molecule has 2 rings (SSSR count). The Balaban J connectivity index is 2.55. The number of hydroxylamine groups is 2. The van der Waals surface area contributed by atoms with Crippen LogP contribution in [0.15, 0.2) is 18.3 Å². The van der Waals surface area contributed by atoms with Crippen LogP contribution in [-0.4, -0.2) is 27.1 Å². The van der Waals surface area contributed by atoms with E-state index in [0.717, 1.165) is 0 Å². The highest BCUT2D eigenvalue weighted by molar-refractivity contribution is 6.07. The molecule has 0 bridgehead atoms. The molecule has 13 heavy (non-hydrogen) atoms. The first kappa shape index (κ1) is 7.88. The first-order valence-electron chi connectivity index (χ1n) is 3.70. The summed E-state index contributed by atoms with van der Waals surface area (Å²) < 4.78 is 0. The molecule has 0 saturated heterocycles. The van der Waals surface area contributed by atoms with Gasteiger partial charge in [-0.15, -0.1) is 0 Å². The van der Waals surface area contributed by atoms with Crippen LogP contribution in [0, 0.1) is 0 Å². The lowest BCUT2D eigenvalue weighted by molar-refractivity contribution is -0.154. The van der Waals surface area contributed by atoms with Gasteiger partial charge in [-0.05, 0) is 11.6 Å². The van der Waals surface area contributed by atoms with Crippen molar-refractivity contribution in [1.82, 2.24) is 10.0 Å². The maximum Gasteiger partial charge on any atom is 0.303 e. The topological polar surface area (TPSA) is 70.5 Å². The van der Waals surface area contributed by atoms with Crippen LogP contribution in [0.2, 0.25) is 0 Å². The Kier molecular flexibility index (Phi) is 1.60. The van der Waals surface area contributed by atoms with Crippen LogP contribution in [-0.2, 0) is 11.2 Å². The number of hydrogen-bond acceptors (Lipinski definition) is 4. The summed E-state index contributed by atoms with van der Waals surface area (Å²) in [6.07, 6.45) is 1.46. The Morgan fingerprint density at radius 1 is 1.46 bits per heavy atom. The molecule has 0 aromatic carbocycles. The average Bonchev–Trinajstić information content (AvgIpc) is 2.15. The SMILES string of the molecule is O=C1Cc2cccnc2C(=O)N1O. The van der Waals surface area contributed by atoms with E-state index in [1.807, 2.05) is 0 Å². The molecule has 0 atom stereocenters. The van der Waals surface area contributed by atoms with E-state index < -0.39 is 11.8 Å². The minimum Gasteiger partial charge on any atom is -0.278 e. The lowest BCUT2D eigenvalue weighted by Gasteiger charge is -2.19. The summed E-state index contributed by atoms with van der Waals surface area (Å²) in [6, 6.07) is 3.29. The minimum absolute atomic E-state index is 0.0193. The molecule has 0 fully saturated rings. The van der Waals surface area contributed by atoms with Crippen molar-refractivity contribution in [1.29, 1.82) is 0 Å². The van der Waals surface area contributed by atoms with Crippen LogP contribution < -0.4 is 0 Å². The van der Waals surface area contributed by atoms with E-state index in [1.54, 1.807) is 12.1 Å². The second-order valence-electron chi connectivity index (χ2n) is 2.70. The van der Waals surface area contributed by atoms with E-state index in [2.05, 4.69) is 4.98 Å². The zero-order valence-electron chi connectivity index (χ0n) is 6.60. The van der Waals surface area contributed by atoms with Gasteiger partial charge in [0.05, 0.1) is 6.42 Å². The molecule has 1 aliphatic heterocycles. The van der Waals surface area contributed by atoms with Crippen molar-refractivity contribution in [2.45, 2.75) is 6.42 Å². The third-order valence-electron chi connectivity index (χ3n) is 1.86. The van der Waals surface area contributed by atoms with Crippen molar-refractivity contribution < 1.29 is 14.8 Å². The molecule has 0 aliphatic carbocycles. The van der Waals surface area contributed by atoms with Gasteiger partial charge in [-0.2, -0.15) is 5.06 Å². The molecule has 0 unspecified atom stereocenters. The molecule has 2 amide bonds. The summed E-state index contributed by atoms with van der Waals surface area (Å²) in [5, 5.41) is 9.09. The first-order chi connectivity index (χ1) is 6.20. The fourth-order valence-electron chi connectivity index (χ4n) is 1.23. The van der Waals surface area contributed by atoms with Crippen molar-refractivity contribution >= 4 is 11.8 Å². The van der Waals surface area contributed by atoms with Gasteiger partial charge in [0.15, 0.2) is 0 Å². The first-order valence-corrected chi connectivity index (χ1v) is 3.70. The van der Waals surface area contributed by atoms with Crippen LogP contribution in [0.25, 0.3) is 0 Å². The van der Waals surface area contributed by atoms with Crippen molar-refractivity contribution in [2.75, 3.05) is 0 Å². The van der Waals surface area contributed by atoms with Gasteiger partial charge in [0.1, 0.15) is 5.69 Å². The molecular weight excluding hydrogens is 172 g/mol. The Hall–Kier alpha value is -1.75. The van der Waals surface area contributed by atoms with Crippen LogP contribution in [0.3, 0.4) is 0 Å². The maximum absolute atomic E-state index is 11.2. The molecule has 2 heterocycles. The summed E-state index contributed by atoms with van der Waals surface area (Å²) in [4.78, 5) is 26.0. The van der Waals surface area contributed by atoms with Gasteiger partial charge < -0.3 is 0 Å². The normalized spacial score (nSPS) is 15.9. The number of imide groups is 1. The van der Waals surface area contributed by atoms with Gasteiger partial charge in [-0.1, -0.05) is 6.07 Å². The molecule has 1 aliphatic rings. The number of hydrogen-bond donors (Lipinski definition) is 1. The molecular formula is C8H6N2O3. The fraction of sp³-hybridized carbons (Fsp3) is 0.125. The summed E-state index contributed by atoms with van der Waals surface area (Å²) >= 11 is 0. The lowest BCUT2D eigenvalue weighted by Crippen LogP contribution is -2.40. The van der Waals surface area contributed by atoms with Crippen LogP contribution in [0.4, 0.5) is 0 Å². The quantitative estimate of drug-likeness (QED) is 0.448. The molecule has 0 radical (unpaired) electrons. The highest BCUT2D eigenvalue weighted by Crippen LogP contribution is 2.15. The predicted molar refractivity (Wildman–Crippen MR) is 40.9 cm³/mol. The molecule has 1 aromatic rings. The summed E-state index contributed by atoms with van der Waals surface area (Å²) in [6.45, 7) is 0. The monoisotopic (exact) mass is 178 g/mol. The van der Waals surface area contributed by atoms with Crippen LogP contribution in [0.5, 0.6) is 0 Å². The molecule has 1 aromatic heterocycles. The Morgan fingerprint density at radius 2 is 2.23 bits per heavy atom. The highest BCUT2D eigenvalue weighted by Gasteiger charge is 2.30. The van der Waals surface area contributed by atoms with Crippen molar-refractivity contribution in [3.63, 3.8) is 0 Å². The zero-order chi connectivity index (χ0) is 9.42. The number of fused-ring (bicyclic) bond motifs is 1. The molecule has 5 heteroatoms. The van der Waals surface area contributed by atoms with Crippen LogP contribution in [0.1, 0.15) is 16.1 Å². The lowest BCUT2D eigenvalue weighted by atomic mass is 10.1. The predicted octanol–water partition coefficient (Wildman–Crippen LogP) is -0.00430. The summed E-state index contributed by atoms with van der Waals surface area (Å²) in [7, 11) is 0. The van der Waals surface area contributed by atoms with E-state index in [4.69, 9.17) is 5.21 Å². The Bertz CT molecular complexity index is 389. The number of pyridine rings is 1. The average molecular weight is 178 g/mol. The minimum atomic E-state index is -0.758. The Morgan fingerprint density at radius 3 is 3.00 bits per heavy atom. The van der Waals surface area contributed by atoms with Gasteiger partial charge in [-0.25, -0.2) is 0 Å². The van der Waals surface area contributed by atoms with Gasteiger partial charge in [-0.3, -0.25) is 19.8 Å². The van der Waals surface area contributed by atoms with E-state index in [0.29, 0.717) is 5.56 Å². The smallest absolute Gasteiger partial charge is 0.278 e. The number of rotatable bonds is 0. The Labute approximate surface area is 73.6 Å². The van der Waals surface area contributed by atoms with Gasteiger partial charge in [0.25, 0.3) is 5.91 Å². The number of aromatic nitrogens is 1. The molecule has 1 N–H and O–H groups in total. The molecule has 66 valence electrons.